The Balaban J connectivity index is 2.42. The monoisotopic (exact) mass is 157 g/mol. The number of hydrogen-bond donors (Lipinski definition) is 3. The molecule has 0 spiro atoms. The standard InChI is InChI=1S/C8H15NO2/c1-9-7-4-2-6(3-5-7)8(10)11/h2,4,6-11H,3,5H2,1H3. The molecular weight excluding hydrogens is 142 g/mol. The first kappa shape index (κ1) is 8.71. The topological polar surface area (TPSA) is 52.5 Å². The van der Waals surface area contributed by atoms with Gasteiger partial charge in [0.25, 0.3) is 0 Å². The van der Waals surface area contributed by atoms with Crippen LogP contribution in [0, 0.1) is 5.92 Å². The summed E-state index contributed by atoms with van der Waals surface area (Å²) in [7, 11) is 1.91. The molecule has 2 atom stereocenters. The summed E-state index contributed by atoms with van der Waals surface area (Å²) in [5.74, 6) is -0.0698. The van der Waals surface area contributed by atoms with Gasteiger partial charge < -0.3 is 15.5 Å². The zero-order valence-corrected chi connectivity index (χ0v) is 6.70. The lowest BCUT2D eigenvalue weighted by Gasteiger charge is -2.23. The summed E-state index contributed by atoms with van der Waals surface area (Å²) in [4.78, 5) is 0. The second-order valence-electron chi connectivity index (χ2n) is 2.93. The van der Waals surface area contributed by atoms with Gasteiger partial charge in [-0.15, -0.1) is 0 Å². The van der Waals surface area contributed by atoms with Crippen molar-refractivity contribution in [1.82, 2.24) is 5.32 Å². The minimum absolute atomic E-state index is 0.0698. The molecule has 0 aromatic carbocycles. The lowest BCUT2D eigenvalue weighted by Crippen LogP contribution is -2.29. The van der Waals surface area contributed by atoms with Gasteiger partial charge in [-0.25, -0.2) is 0 Å². The molecule has 11 heavy (non-hydrogen) atoms. The molecule has 1 aliphatic carbocycles. The zero-order valence-electron chi connectivity index (χ0n) is 6.70. The minimum Gasteiger partial charge on any atom is -0.368 e. The molecule has 3 heteroatoms. The van der Waals surface area contributed by atoms with Crippen molar-refractivity contribution in [3.8, 4) is 0 Å². The predicted molar refractivity (Wildman–Crippen MR) is 42.9 cm³/mol. The number of nitrogens with one attached hydrogen (secondary N) is 1. The maximum absolute atomic E-state index is 8.82. The first-order chi connectivity index (χ1) is 5.24. The highest BCUT2D eigenvalue weighted by molar-refractivity contribution is 5.01. The van der Waals surface area contributed by atoms with Crippen LogP contribution in [-0.2, 0) is 0 Å². The highest BCUT2D eigenvalue weighted by atomic mass is 16.5. The second kappa shape index (κ2) is 3.85. The first-order valence-electron chi connectivity index (χ1n) is 3.95. The van der Waals surface area contributed by atoms with E-state index in [-0.39, 0.29) is 5.92 Å². The van der Waals surface area contributed by atoms with E-state index in [4.69, 9.17) is 10.2 Å². The number of aliphatic hydroxyl groups is 2. The number of aliphatic hydroxyl groups excluding tert-OH is 1. The Morgan fingerprint density at radius 2 is 2.09 bits per heavy atom. The third-order valence-corrected chi connectivity index (χ3v) is 2.16. The molecule has 1 aliphatic rings. The van der Waals surface area contributed by atoms with Crippen LogP contribution in [0.3, 0.4) is 0 Å². The van der Waals surface area contributed by atoms with Crippen molar-refractivity contribution in [2.75, 3.05) is 7.05 Å². The Kier molecular flexibility index (Phi) is 3.05. The summed E-state index contributed by atoms with van der Waals surface area (Å²) >= 11 is 0. The summed E-state index contributed by atoms with van der Waals surface area (Å²) in [5.41, 5.74) is 0. The van der Waals surface area contributed by atoms with Crippen LogP contribution in [0.15, 0.2) is 12.2 Å². The van der Waals surface area contributed by atoms with Crippen molar-refractivity contribution < 1.29 is 10.2 Å². The Morgan fingerprint density at radius 1 is 1.36 bits per heavy atom. The molecule has 0 fully saturated rings. The molecule has 0 saturated carbocycles. The van der Waals surface area contributed by atoms with E-state index < -0.39 is 6.29 Å². The van der Waals surface area contributed by atoms with Crippen molar-refractivity contribution in [3.63, 3.8) is 0 Å². The molecule has 0 amide bonds. The smallest absolute Gasteiger partial charge is 0.157 e. The van der Waals surface area contributed by atoms with E-state index in [2.05, 4.69) is 5.32 Å². The molecule has 64 valence electrons. The van der Waals surface area contributed by atoms with Crippen LogP contribution < -0.4 is 5.32 Å². The molecule has 3 nitrogen and oxygen atoms in total. The van der Waals surface area contributed by atoms with Gasteiger partial charge in [0.1, 0.15) is 0 Å². The molecule has 3 N–H and O–H groups in total. The average molecular weight is 157 g/mol. The quantitative estimate of drug-likeness (QED) is 0.386. The van der Waals surface area contributed by atoms with Crippen LogP contribution in [-0.4, -0.2) is 29.6 Å². The van der Waals surface area contributed by atoms with Gasteiger partial charge in [-0.2, -0.15) is 0 Å². The van der Waals surface area contributed by atoms with Crippen molar-refractivity contribution in [2.24, 2.45) is 5.92 Å². The first-order valence-corrected chi connectivity index (χ1v) is 3.95. The maximum Gasteiger partial charge on any atom is 0.157 e. The molecule has 0 saturated heterocycles. The van der Waals surface area contributed by atoms with E-state index in [1.807, 2.05) is 19.2 Å². The number of likely N-dealkylation sites (N-methyl/N-ethyl adjacent to an activating group) is 1. The summed E-state index contributed by atoms with van der Waals surface area (Å²) in [6, 6.07) is 0.407. The van der Waals surface area contributed by atoms with Crippen molar-refractivity contribution in [3.05, 3.63) is 12.2 Å². The van der Waals surface area contributed by atoms with E-state index in [1.165, 1.54) is 0 Å². The van der Waals surface area contributed by atoms with Gasteiger partial charge in [-0.3, -0.25) is 0 Å². The summed E-state index contributed by atoms with van der Waals surface area (Å²) in [5, 5.41) is 20.8. The van der Waals surface area contributed by atoms with Gasteiger partial charge in [-0.05, 0) is 19.9 Å². The van der Waals surface area contributed by atoms with Gasteiger partial charge in [0.2, 0.25) is 0 Å². The van der Waals surface area contributed by atoms with Gasteiger partial charge in [0, 0.05) is 12.0 Å². The largest absolute Gasteiger partial charge is 0.368 e. The molecule has 0 aromatic heterocycles. The normalized spacial score (nSPS) is 31.3. The summed E-state index contributed by atoms with van der Waals surface area (Å²) in [6.45, 7) is 0. The van der Waals surface area contributed by atoms with Crippen LogP contribution in [0.1, 0.15) is 12.8 Å². The molecule has 0 heterocycles. The molecule has 2 unspecified atom stereocenters. The molecule has 0 bridgehead atoms. The Bertz CT molecular complexity index is 145. The third kappa shape index (κ3) is 2.29. The Morgan fingerprint density at radius 3 is 2.45 bits per heavy atom. The van der Waals surface area contributed by atoms with Crippen molar-refractivity contribution in [2.45, 2.75) is 25.2 Å². The second-order valence-corrected chi connectivity index (χ2v) is 2.93. The van der Waals surface area contributed by atoms with E-state index in [9.17, 15) is 0 Å². The fraction of sp³-hybridized carbons (Fsp3) is 0.750. The molecule has 0 aromatic rings. The average Bonchev–Trinajstić information content (AvgIpc) is 2.05. The Hall–Kier alpha value is -0.380. The molecule has 0 radical (unpaired) electrons. The fourth-order valence-corrected chi connectivity index (χ4v) is 1.33. The minimum atomic E-state index is -1.19. The summed E-state index contributed by atoms with van der Waals surface area (Å²) in [6.07, 6.45) is 4.50. The molecule has 1 rings (SSSR count). The van der Waals surface area contributed by atoms with E-state index in [0.717, 1.165) is 12.8 Å². The SMILES string of the molecule is CNC1C=CC(C(O)O)CC1. The van der Waals surface area contributed by atoms with E-state index in [0.29, 0.717) is 6.04 Å². The predicted octanol–water partition coefficient (Wildman–Crippen LogP) is -0.149. The highest BCUT2D eigenvalue weighted by Gasteiger charge is 2.18. The lowest BCUT2D eigenvalue weighted by atomic mass is 9.92. The highest BCUT2D eigenvalue weighted by Crippen LogP contribution is 2.19. The summed E-state index contributed by atoms with van der Waals surface area (Å²) < 4.78 is 0. The van der Waals surface area contributed by atoms with Crippen molar-refractivity contribution >= 4 is 0 Å². The number of hydrogen-bond acceptors (Lipinski definition) is 3. The lowest BCUT2D eigenvalue weighted by molar-refractivity contribution is -0.0735. The van der Waals surface area contributed by atoms with Crippen LogP contribution in [0.4, 0.5) is 0 Å². The molecular formula is C8H15NO2. The van der Waals surface area contributed by atoms with E-state index >= 15 is 0 Å². The molecule has 0 aliphatic heterocycles. The maximum atomic E-state index is 8.82. The van der Waals surface area contributed by atoms with Crippen LogP contribution in [0.25, 0.3) is 0 Å². The zero-order chi connectivity index (χ0) is 8.27. The van der Waals surface area contributed by atoms with Crippen LogP contribution >= 0.6 is 0 Å². The van der Waals surface area contributed by atoms with Gasteiger partial charge in [0.05, 0.1) is 0 Å². The Labute approximate surface area is 66.7 Å². The third-order valence-electron chi connectivity index (χ3n) is 2.16. The van der Waals surface area contributed by atoms with Gasteiger partial charge in [0.15, 0.2) is 6.29 Å². The van der Waals surface area contributed by atoms with Crippen molar-refractivity contribution in [1.29, 1.82) is 0 Å². The fourth-order valence-electron chi connectivity index (χ4n) is 1.33. The van der Waals surface area contributed by atoms with Crippen LogP contribution in [0.2, 0.25) is 0 Å². The van der Waals surface area contributed by atoms with Gasteiger partial charge in [-0.1, -0.05) is 12.2 Å². The van der Waals surface area contributed by atoms with E-state index in [1.54, 1.807) is 0 Å². The van der Waals surface area contributed by atoms with Crippen LogP contribution in [0.5, 0.6) is 0 Å². The van der Waals surface area contributed by atoms with Gasteiger partial charge >= 0.3 is 0 Å². The number of rotatable bonds is 2.